The maximum absolute atomic E-state index is 11.5. The molecule has 1 N–H and O–H groups in total. The van der Waals surface area contributed by atoms with Crippen LogP contribution in [-0.4, -0.2) is 19.2 Å². The Kier molecular flexibility index (Phi) is 3.97. The van der Waals surface area contributed by atoms with Gasteiger partial charge in [-0.3, -0.25) is 4.72 Å². The number of sulfonamides is 1. The SMILES string of the molecule is CS(=O)(=O)Nc1cc(Br)cc2c1ccn2Cc1ccccc1. The minimum atomic E-state index is -3.32. The van der Waals surface area contributed by atoms with Gasteiger partial charge in [0.2, 0.25) is 10.0 Å². The number of benzene rings is 2. The average molecular weight is 379 g/mol. The highest BCUT2D eigenvalue weighted by molar-refractivity contribution is 9.10. The molecule has 0 aliphatic heterocycles. The number of nitrogens with one attached hydrogen (secondary N) is 1. The Hall–Kier alpha value is -1.79. The van der Waals surface area contributed by atoms with Crippen molar-refractivity contribution in [1.82, 2.24) is 4.57 Å². The molecule has 0 aliphatic rings. The predicted octanol–water partition coefficient (Wildman–Crippen LogP) is 3.82. The normalized spacial score (nSPS) is 11.7. The second-order valence-electron chi connectivity index (χ2n) is 5.19. The summed E-state index contributed by atoms with van der Waals surface area (Å²) in [4.78, 5) is 0. The maximum Gasteiger partial charge on any atom is 0.229 e. The maximum atomic E-state index is 11.5. The Morgan fingerprint density at radius 3 is 2.55 bits per heavy atom. The van der Waals surface area contributed by atoms with Gasteiger partial charge in [0, 0.05) is 22.6 Å². The summed E-state index contributed by atoms with van der Waals surface area (Å²) in [6, 6.07) is 15.8. The first-order valence-corrected chi connectivity index (χ1v) is 9.41. The van der Waals surface area contributed by atoms with Crippen molar-refractivity contribution in [2.75, 3.05) is 11.0 Å². The molecule has 114 valence electrons. The van der Waals surface area contributed by atoms with E-state index in [1.54, 1.807) is 6.07 Å². The third-order valence-electron chi connectivity index (χ3n) is 3.34. The van der Waals surface area contributed by atoms with Gasteiger partial charge >= 0.3 is 0 Å². The third-order valence-corrected chi connectivity index (χ3v) is 4.39. The largest absolute Gasteiger partial charge is 0.343 e. The molecular weight excluding hydrogens is 364 g/mol. The number of nitrogens with zero attached hydrogens (tertiary/aromatic N) is 1. The van der Waals surface area contributed by atoms with Gasteiger partial charge in [0.1, 0.15) is 0 Å². The van der Waals surface area contributed by atoms with E-state index in [-0.39, 0.29) is 0 Å². The minimum Gasteiger partial charge on any atom is -0.343 e. The average Bonchev–Trinajstić information content (AvgIpc) is 2.81. The van der Waals surface area contributed by atoms with Crippen LogP contribution in [-0.2, 0) is 16.6 Å². The van der Waals surface area contributed by atoms with Crippen LogP contribution in [0.4, 0.5) is 5.69 Å². The number of fused-ring (bicyclic) bond motifs is 1. The monoisotopic (exact) mass is 378 g/mol. The number of hydrogen-bond acceptors (Lipinski definition) is 2. The molecule has 0 aliphatic carbocycles. The molecule has 22 heavy (non-hydrogen) atoms. The van der Waals surface area contributed by atoms with Crippen LogP contribution < -0.4 is 4.72 Å². The van der Waals surface area contributed by atoms with E-state index in [0.29, 0.717) is 5.69 Å². The topological polar surface area (TPSA) is 51.1 Å². The summed E-state index contributed by atoms with van der Waals surface area (Å²) in [7, 11) is -3.32. The third kappa shape index (κ3) is 3.34. The lowest BCUT2D eigenvalue weighted by Gasteiger charge is -2.09. The zero-order valence-corrected chi connectivity index (χ0v) is 14.4. The summed E-state index contributed by atoms with van der Waals surface area (Å²) in [5, 5.41) is 0.879. The van der Waals surface area contributed by atoms with Gasteiger partial charge in [-0.25, -0.2) is 8.42 Å². The highest BCUT2D eigenvalue weighted by atomic mass is 79.9. The number of hydrogen-bond donors (Lipinski definition) is 1. The first kappa shape index (κ1) is 15.1. The van der Waals surface area contributed by atoms with E-state index < -0.39 is 10.0 Å². The molecule has 0 radical (unpaired) electrons. The van der Waals surface area contributed by atoms with Gasteiger partial charge in [-0.05, 0) is 23.8 Å². The van der Waals surface area contributed by atoms with Crippen molar-refractivity contribution in [3.05, 3.63) is 64.8 Å². The minimum absolute atomic E-state index is 0.582. The number of anilines is 1. The van der Waals surface area contributed by atoms with E-state index in [4.69, 9.17) is 0 Å². The van der Waals surface area contributed by atoms with E-state index in [2.05, 4.69) is 37.4 Å². The lowest BCUT2D eigenvalue weighted by atomic mass is 10.2. The molecule has 0 atom stereocenters. The lowest BCUT2D eigenvalue weighted by molar-refractivity contribution is 0.607. The summed E-state index contributed by atoms with van der Waals surface area (Å²) in [6.07, 6.45) is 3.12. The molecule has 6 heteroatoms. The van der Waals surface area contributed by atoms with Crippen LogP contribution in [0.2, 0.25) is 0 Å². The molecule has 3 aromatic rings. The van der Waals surface area contributed by atoms with Gasteiger partial charge in [-0.15, -0.1) is 0 Å². The van der Waals surface area contributed by atoms with Crippen molar-refractivity contribution in [3.8, 4) is 0 Å². The fourth-order valence-corrected chi connectivity index (χ4v) is 3.48. The van der Waals surface area contributed by atoms with Crippen molar-refractivity contribution < 1.29 is 8.42 Å². The van der Waals surface area contributed by atoms with Gasteiger partial charge in [0.15, 0.2) is 0 Å². The van der Waals surface area contributed by atoms with Crippen molar-refractivity contribution >= 4 is 42.5 Å². The quantitative estimate of drug-likeness (QED) is 0.749. The van der Waals surface area contributed by atoms with Gasteiger partial charge in [-0.1, -0.05) is 46.3 Å². The fourth-order valence-electron chi connectivity index (χ4n) is 2.46. The van der Waals surface area contributed by atoms with Crippen LogP contribution in [0.1, 0.15) is 5.56 Å². The Morgan fingerprint density at radius 1 is 1.14 bits per heavy atom. The molecule has 0 unspecified atom stereocenters. The molecule has 1 aromatic heterocycles. The Bertz CT molecular complexity index is 918. The second-order valence-corrected chi connectivity index (χ2v) is 7.85. The van der Waals surface area contributed by atoms with Crippen LogP contribution in [0.15, 0.2) is 59.2 Å². The molecule has 2 aromatic carbocycles. The van der Waals surface area contributed by atoms with E-state index >= 15 is 0 Å². The Labute approximate surface area is 137 Å². The summed E-state index contributed by atoms with van der Waals surface area (Å²) in [5.41, 5.74) is 2.75. The molecule has 0 fully saturated rings. The fraction of sp³-hybridized carbons (Fsp3) is 0.125. The molecule has 0 saturated heterocycles. The summed E-state index contributed by atoms with van der Waals surface area (Å²) < 4.78 is 28.5. The van der Waals surface area contributed by atoms with Crippen LogP contribution >= 0.6 is 15.9 Å². The number of halogens is 1. The number of aromatic nitrogens is 1. The number of rotatable bonds is 4. The summed E-state index contributed by atoms with van der Waals surface area (Å²) >= 11 is 3.45. The van der Waals surface area contributed by atoms with Crippen molar-refractivity contribution in [2.24, 2.45) is 0 Å². The highest BCUT2D eigenvalue weighted by Crippen LogP contribution is 2.30. The van der Waals surface area contributed by atoms with Crippen LogP contribution in [0.5, 0.6) is 0 Å². The van der Waals surface area contributed by atoms with Gasteiger partial charge in [0.05, 0.1) is 17.5 Å². The lowest BCUT2D eigenvalue weighted by Crippen LogP contribution is -2.09. The van der Waals surface area contributed by atoms with E-state index in [9.17, 15) is 8.42 Å². The molecule has 0 amide bonds. The van der Waals surface area contributed by atoms with E-state index in [0.717, 1.165) is 28.2 Å². The molecule has 0 spiro atoms. The smallest absolute Gasteiger partial charge is 0.229 e. The van der Waals surface area contributed by atoms with E-state index in [1.165, 1.54) is 5.56 Å². The molecule has 0 bridgehead atoms. The van der Waals surface area contributed by atoms with Crippen LogP contribution in [0.3, 0.4) is 0 Å². The van der Waals surface area contributed by atoms with Gasteiger partial charge in [0.25, 0.3) is 0 Å². The molecule has 4 nitrogen and oxygen atoms in total. The Balaban J connectivity index is 2.07. The summed E-state index contributed by atoms with van der Waals surface area (Å²) in [6.45, 7) is 0.735. The first-order valence-electron chi connectivity index (χ1n) is 6.72. The molecular formula is C16H15BrN2O2S. The summed E-state index contributed by atoms with van der Waals surface area (Å²) in [5.74, 6) is 0. The van der Waals surface area contributed by atoms with Crippen molar-refractivity contribution in [2.45, 2.75) is 6.54 Å². The zero-order chi connectivity index (χ0) is 15.7. The Morgan fingerprint density at radius 2 is 1.86 bits per heavy atom. The standard InChI is InChI=1S/C16H15BrN2O2S/c1-22(20,21)18-15-9-13(17)10-16-14(15)7-8-19(16)11-12-5-3-2-4-6-12/h2-10,18H,11H2,1H3. The molecule has 3 rings (SSSR count). The van der Waals surface area contributed by atoms with Crippen LogP contribution in [0, 0.1) is 0 Å². The first-order chi connectivity index (χ1) is 10.4. The van der Waals surface area contributed by atoms with Crippen molar-refractivity contribution in [3.63, 3.8) is 0 Å². The molecule has 1 heterocycles. The molecule has 0 saturated carbocycles. The van der Waals surface area contributed by atoms with Crippen LogP contribution in [0.25, 0.3) is 10.9 Å². The van der Waals surface area contributed by atoms with Gasteiger partial charge < -0.3 is 4.57 Å². The van der Waals surface area contributed by atoms with E-state index in [1.807, 2.05) is 36.5 Å². The predicted molar refractivity (Wildman–Crippen MR) is 93.6 cm³/mol. The highest BCUT2D eigenvalue weighted by Gasteiger charge is 2.11. The van der Waals surface area contributed by atoms with Crippen molar-refractivity contribution in [1.29, 1.82) is 0 Å². The second kappa shape index (κ2) is 5.78. The zero-order valence-electron chi connectivity index (χ0n) is 12.0. The van der Waals surface area contributed by atoms with Gasteiger partial charge in [-0.2, -0.15) is 0 Å².